The van der Waals surface area contributed by atoms with Gasteiger partial charge in [-0.3, -0.25) is 0 Å². The van der Waals surface area contributed by atoms with Crippen LogP contribution in [-0.4, -0.2) is 41.3 Å². The Bertz CT molecular complexity index is 478. The molecule has 5 nitrogen and oxygen atoms in total. The van der Waals surface area contributed by atoms with Crippen molar-refractivity contribution in [3.8, 4) is 0 Å². The maximum atomic E-state index is 12.9. The van der Waals surface area contributed by atoms with Crippen molar-refractivity contribution in [1.29, 1.82) is 0 Å². The van der Waals surface area contributed by atoms with Gasteiger partial charge >= 0.3 is 12.3 Å². The minimum atomic E-state index is -4.55. The predicted molar refractivity (Wildman–Crippen MR) is 62.8 cm³/mol. The molecule has 0 bridgehead atoms. The number of halogens is 5. The van der Waals surface area contributed by atoms with Gasteiger partial charge in [0.15, 0.2) is 5.69 Å². The van der Waals surface area contributed by atoms with E-state index in [4.69, 9.17) is 0 Å². The number of hydrogen-bond acceptors (Lipinski definition) is 5. The van der Waals surface area contributed by atoms with Gasteiger partial charge in [-0.1, -0.05) is 0 Å². The summed E-state index contributed by atoms with van der Waals surface area (Å²) in [6.45, 7) is 1.02. The van der Waals surface area contributed by atoms with Gasteiger partial charge in [-0.2, -0.15) is 22.0 Å². The average molecular weight is 312 g/mol. The molecule has 0 unspecified atom stereocenters. The standard InChI is InChI=1S/C11H13F5N4O/c1-6-7(20-5-10(12,13)21-6)2-18-9-4-17-8(3-19-9)11(14,15)16/h3-4,6-7,20H,2,5H2,1H3,(H,18,19)/t6-,7+/m0/s1. The molecule has 0 aromatic carbocycles. The van der Waals surface area contributed by atoms with Crippen LogP contribution in [0.15, 0.2) is 12.4 Å². The van der Waals surface area contributed by atoms with Crippen LogP contribution in [0.2, 0.25) is 0 Å². The van der Waals surface area contributed by atoms with Crippen molar-refractivity contribution in [2.24, 2.45) is 0 Å². The largest absolute Gasteiger partial charge is 0.434 e. The molecule has 0 saturated carbocycles. The van der Waals surface area contributed by atoms with E-state index >= 15 is 0 Å². The maximum Gasteiger partial charge on any atom is 0.434 e. The van der Waals surface area contributed by atoms with Gasteiger partial charge in [0, 0.05) is 6.54 Å². The van der Waals surface area contributed by atoms with E-state index < -0.39 is 36.7 Å². The van der Waals surface area contributed by atoms with Crippen molar-refractivity contribution in [3.63, 3.8) is 0 Å². The number of rotatable bonds is 3. The van der Waals surface area contributed by atoms with Crippen molar-refractivity contribution in [2.45, 2.75) is 31.4 Å². The third kappa shape index (κ3) is 4.21. The quantitative estimate of drug-likeness (QED) is 0.835. The zero-order chi connectivity index (χ0) is 15.7. The molecule has 1 aliphatic rings. The number of alkyl halides is 5. The maximum absolute atomic E-state index is 12.9. The van der Waals surface area contributed by atoms with Gasteiger partial charge in [0.05, 0.1) is 31.1 Å². The molecule has 2 N–H and O–H groups in total. The summed E-state index contributed by atoms with van der Waals surface area (Å²) in [5.74, 6) is 0.120. The Morgan fingerprint density at radius 1 is 1.38 bits per heavy atom. The van der Waals surface area contributed by atoms with Crippen LogP contribution in [0.3, 0.4) is 0 Å². The lowest BCUT2D eigenvalue weighted by atomic mass is 10.1. The highest BCUT2D eigenvalue weighted by atomic mass is 19.4. The number of anilines is 1. The summed E-state index contributed by atoms with van der Waals surface area (Å²) < 4.78 is 67.2. The number of ether oxygens (including phenoxy) is 1. The number of morpholine rings is 1. The Morgan fingerprint density at radius 2 is 2.10 bits per heavy atom. The fraction of sp³-hybridized carbons (Fsp3) is 0.636. The topological polar surface area (TPSA) is 59.1 Å². The summed E-state index contributed by atoms with van der Waals surface area (Å²) >= 11 is 0. The Morgan fingerprint density at radius 3 is 2.62 bits per heavy atom. The van der Waals surface area contributed by atoms with Crippen LogP contribution >= 0.6 is 0 Å². The molecule has 2 atom stereocenters. The summed E-state index contributed by atoms with van der Waals surface area (Å²) in [6, 6.07) is -0.422. The van der Waals surface area contributed by atoms with E-state index in [9.17, 15) is 22.0 Å². The average Bonchev–Trinajstić information content (AvgIpc) is 2.36. The van der Waals surface area contributed by atoms with Crippen LogP contribution in [0, 0.1) is 0 Å². The second-order valence-electron chi connectivity index (χ2n) is 4.61. The van der Waals surface area contributed by atoms with E-state index in [-0.39, 0.29) is 12.4 Å². The number of nitrogens with zero attached hydrogens (tertiary/aromatic N) is 2. The molecule has 1 aliphatic heterocycles. The highest BCUT2D eigenvalue weighted by Crippen LogP contribution is 2.27. The summed E-state index contributed by atoms with van der Waals surface area (Å²) in [5.41, 5.74) is -1.10. The molecule has 0 aliphatic carbocycles. The van der Waals surface area contributed by atoms with Gasteiger partial charge in [0.1, 0.15) is 5.82 Å². The molecule has 2 heterocycles. The highest BCUT2D eigenvalue weighted by Gasteiger charge is 2.40. The molecule has 10 heteroatoms. The lowest BCUT2D eigenvalue weighted by molar-refractivity contribution is -0.278. The molecule has 1 saturated heterocycles. The van der Waals surface area contributed by atoms with Crippen LogP contribution in [0.4, 0.5) is 27.8 Å². The van der Waals surface area contributed by atoms with Gasteiger partial charge in [-0.05, 0) is 6.92 Å². The second-order valence-corrected chi connectivity index (χ2v) is 4.61. The van der Waals surface area contributed by atoms with Crippen molar-refractivity contribution in [2.75, 3.05) is 18.4 Å². The van der Waals surface area contributed by atoms with Crippen molar-refractivity contribution in [1.82, 2.24) is 15.3 Å². The van der Waals surface area contributed by atoms with E-state index in [1.807, 2.05) is 0 Å². The Hall–Kier alpha value is -1.55. The van der Waals surface area contributed by atoms with E-state index in [2.05, 4.69) is 25.3 Å². The fourth-order valence-electron chi connectivity index (χ4n) is 1.83. The van der Waals surface area contributed by atoms with E-state index in [1.54, 1.807) is 0 Å². The van der Waals surface area contributed by atoms with Crippen LogP contribution in [0.25, 0.3) is 0 Å². The number of hydrogen-bond donors (Lipinski definition) is 2. The molecule has 21 heavy (non-hydrogen) atoms. The highest BCUT2D eigenvalue weighted by molar-refractivity contribution is 5.31. The minimum absolute atomic E-state index is 0.120. The predicted octanol–water partition coefficient (Wildman–Crippen LogP) is 1.88. The smallest absolute Gasteiger partial charge is 0.367 e. The van der Waals surface area contributed by atoms with Crippen LogP contribution in [0.1, 0.15) is 12.6 Å². The molecule has 1 fully saturated rings. The van der Waals surface area contributed by atoms with Crippen LogP contribution < -0.4 is 10.6 Å². The van der Waals surface area contributed by atoms with Gasteiger partial charge in [-0.15, -0.1) is 0 Å². The molecule has 1 aromatic rings. The Balaban J connectivity index is 1.89. The van der Waals surface area contributed by atoms with Crippen LogP contribution in [-0.2, 0) is 10.9 Å². The zero-order valence-corrected chi connectivity index (χ0v) is 10.9. The van der Waals surface area contributed by atoms with Crippen molar-refractivity contribution < 1.29 is 26.7 Å². The lowest BCUT2D eigenvalue weighted by Gasteiger charge is -2.35. The molecular formula is C11H13F5N4O. The molecule has 0 amide bonds. The van der Waals surface area contributed by atoms with E-state index in [0.717, 1.165) is 6.20 Å². The molecular weight excluding hydrogens is 299 g/mol. The first-order valence-electron chi connectivity index (χ1n) is 6.09. The molecule has 0 radical (unpaired) electrons. The third-order valence-electron chi connectivity index (χ3n) is 2.94. The SMILES string of the molecule is C[C@@H]1OC(F)(F)CN[C@@H]1CNc1cnc(C(F)(F)F)cn1. The van der Waals surface area contributed by atoms with Gasteiger partial charge < -0.3 is 15.4 Å². The minimum Gasteiger partial charge on any atom is -0.367 e. The Kier molecular flexibility index (Phi) is 4.28. The van der Waals surface area contributed by atoms with Gasteiger partial charge in [-0.25, -0.2) is 9.97 Å². The summed E-state index contributed by atoms with van der Waals surface area (Å²) in [4.78, 5) is 6.81. The van der Waals surface area contributed by atoms with Crippen molar-refractivity contribution >= 4 is 5.82 Å². The first kappa shape index (κ1) is 15.8. The first-order valence-corrected chi connectivity index (χ1v) is 6.09. The van der Waals surface area contributed by atoms with Crippen molar-refractivity contribution in [3.05, 3.63) is 18.1 Å². The number of aromatic nitrogens is 2. The van der Waals surface area contributed by atoms with E-state index in [1.165, 1.54) is 6.92 Å². The monoisotopic (exact) mass is 312 g/mol. The first-order chi connectivity index (χ1) is 9.67. The summed E-state index contributed by atoms with van der Waals surface area (Å²) in [5, 5.41) is 5.32. The van der Waals surface area contributed by atoms with Gasteiger partial charge in [0.2, 0.25) is 0 Å². The molecule has 0 spiro atoms. The summed E-state index contributed by atoms with van der Waals surface area (Å²) in [6.07, 6.45) is -6.99. The molecule has 118 valence electrons. The summed E-state index contributed by atoms with van der Waals surface area (Å²) in [7, 11) is 0. The number of nitrogens with one attached hydrogen (secondary N) is 2. The Labute approximate surface area is 116 Å². The zero-order valence-electron chi connectivity index (χ0n) is 10.9. The second kappa shape index (κ2) is 5.68. The fourth-order valence-corrected chi connectivity index (χ4v) is 1.83. The van der Waals surface area contributed by atoms with Crippen LogP contribution in [0.5, 0.6) is 0 Å². The molecule has 2 rings (SSSR count). The normalized spacial score (nSPS) is 25.6. The van der Waals surface area contributed by atoms with Gasteiger partial charge in [0.25, 0.3) is 0 Å². The third-order valence-corrected chi connectivity index (χ3v) is 2.94. The lowest BCUT2D eigenvalue weighted by Crippen LogP contribution is -2.57. The van der Waals surface area contributed by atoms with E-state index in [0.29, 0.717) is 6.20 Å². The molecule has 1 aromatic heterocycles.